The molecule has 0 bridgehead atoms. The maximum Gasteiger partial charge on any atom is 0.263 e. The van der Waals surface area contributed by atoms with Gasteiger partial charge in [-0.25, -0.2) is 27.2 Å². The smallest absolute Gasteiger partial charge is 0.263 e. The van der Waals surface area contributed by atoms with Crippen LogP contribution in [0.4, 0.5) is 20.4 Å². The maximum atomic E-state index is 15.0. The molecule has 2 aromatic carbocycles. The first kappa shape index (κ1) is 25.1. The fourth-order valence-electron chi connectivity index (χ4n) is 3.21. The van der Waals surface area contributed by atoms with Crippen LogP contribution in [0.2, 0.25) is 10.0 Å². The fraction of sp³-hybridized carbons (Fsp3) is 0.182. The second kappa shape index (κ2) is 10.3. The number of benzene rings is 2. The number of sulfonamides is 1. The molecule has 1 aliphatic heterocycles. The molecule has 8 nitrogen and oxygen atoms in total. The summed E-state index contributed by atoms with van der Waals surface area (Å²) in [5, 5.41) is 15.8. The lowest BCUT2D eigenvalue weighted by atomic mass is 10.1. The molecule has 2 atom stereocenters. The molecule has 0 aliphatic carbocycles. The predicted octanol–water partition coefficient (Wildman–Crippen LogP) is 3.01. The Morgan fingerprint density at radius 1 is 1.09 bits per heavy atom. The van der Waals surface area contributed by atoms with Crippen LogP contribution in [0.25, 0.3) is 0 Å². The highest BCUT2D eigenvalue weighted by molar-refractivity contribution is 7.92. The van der Waals surface area contributed by atoms with Crippen molar-refractivity contribution in [1.29, 1.82) is 0 Å². The Bertz CT molecular complexity index is 1430. The quantitative estimate of drug-likeness (QED) is 0.368. The average molecular weight is 540 g/mol. The van der Waals surface area contributed by atoms with Crippen molar-refractivity contribution in [3.05, 3.63) is 75.5 Å². The van der Waals surface area contributed by atoms with Gasteiger partial charge in [-0.05, 0) is 30.3 Å². The molecule has 1 aromatic heterocycles. The Hall–Kier alpha value is -3.01. The number of aliphatic hydroxyl groups excluding tert-OH is 1. The largest absolute Gasteiger partial charge is 0.390 e. The van der Waals surface area contributed by atoms with Crippen LogP contribution in [0.5, 0.6) is 0 Å². The molecule has 0 amide bonds. The molecule has 0 spiro atoms. The second-order valence-electron chi connectivity index (χ2n) is 7.49. The van der Waals surface area contributed by atoms with Crippen LogP contribution in [0.15, 0.2) is 47.6 Å². The van der Waals surface area contributed by atoms with E-state index in [4.69, 9.17) is 23.2 Å². The third kappa shape index (κ3) is 5.80. The topological polar surface area (TPSA) is 116 Å². The van der Waals surface area contributed by atoms with E-state index in [1.165, 1.54) is 24.5 Å². The van der Waals surface area contributed by atoms with Gasteiger partial charge in [-0.1, -0.05) is 35.0 Å². The lowest BCUT2D eigenvalue weighted by Crippen LogP contribution is -2.32. The van der Waals surface area contributed by atoms with Crippen molar-refractivity contribution in [1.82, 2.24) is 15.3 Å². The van der Waals surface area contributed by atoms with Gasteiger partial charge in [-0.2, -0.15) is 0 Å². The van der Waals surface area contributed by atoms with Crippen molar-refractivity contribution >= 4 is 44.9 Å². The van der Waals surface area contributed by atoms with Gasteiger partial charge in [0.1, 0.15) is 10.7 Å². The molecule has 4 N–H and O–H groups in total. The van der Waals surface area contributed by atoms with E-state index in [9.17, 15) is 22.3 Å². The molecule has 0 radical (unpaired) electrons. The van der Waals surface area contributed by atoms with Crippen molar-refractivity contribution in [3.63, 3.8) is 0 Å². The standard InChI is InChI=1S/C22H17Cl2F2N5O3S/c23-13-2-4-15(24)20(7-13)35(33,34)31-17-6-5-16(25)14(21(17)26)3-1-12-8-28-22(29-9-12)30-18-10-27-11-19(18)32/h2,4-9,18-19,27,31-32H,10-11H2,(H,28,29,30)/t18-,19+/m1/s1. The van der Waals surface area contributed by atoms with Crippen LogP contribution >= 0.6 is 23.2 Å². The number of nitrogens with one attached hydrogen (secondary N) is 3. The molecule has 2 heterocycles. The summed E-state index contributed by atoms with van der Waals surface area (Å²) in [4.78, 5) is 7.80. The fourth-order valence-corrected chi connectivity index (χ4v) is 5.03. The van der Waals surface area contributed by atoms with Gasteiger partial charge in [0.15, 0.2) is 5.82 Å². The van der Waals surface area contributed by atoms with Crippen molar-refractivity contribution in [2.75, 3.05) is 23.1 Å². The number of halogens is 4. The van der Waals surface area contributed by atoms with E-state index < -0.39 is 39.0 Å². The molecule has 0 saturated carbocycles. The first-order chi connectivity index (χ1) is 16.6. The van der Waals surface area contributed by atoms with Crippen LogP contribution in [0.1, 0.15) is 11.1 Å². The molecule has 1 fully saturated rings. The van der Waals surface area contributed by atoms with E-state index in [1.807, 2.05) is 4.72 Å². The molecular weight excluding hydrogens is 523 g/mol. The van der Waals surface area contributed by atoms with Gasteiger partial charge in [-0.15, -0.1) is 0 Å². The molecule has 35 heavy (non-hydrogen) atoms. The number of β-amino-alcohol motifs (C(OH)–C–C–N with tert-alkyl or cyclic N) is 1. The summed E-state index contributed by atoms with van der Waals surface area (Å²) < 4.78 is 56.7. The summed E-state index contributed by atoms with van der Waals surface area (Å²) in [7, 11) is -4.33. The highest BCUT2D eigenvalue weighted by atomic mass is 35.5. The Morgan fingerprint density at radius 2 is 1.83 bits per heavy atom. The second-order valence-corrected chi connectivity index (χ2v) is 9.98. The number of aliphatic hydroxyl groups is 1. The van der Waals surface area contributed by atoms with Crippen molar-refractivity contribution in [2.24, 2.45) is 0 Å². The third-order valence-corrected chi connectivity index (χ3v) is 7.08. The molecular formula is C22H17Cl2F2N5O3S. The lowest BCUT2D eigenvalue weighted by molar-refractivity contribution is 0.185. The number of anilines is 2. The maximum absolute atomic E-state index is 15.0. The van der Waals surface area contributed by atoms with Crippen LogP contribution in [0.3, 0.4) is 0 Å². The van der Waals surface area contributed by atoms with Crippen molar-refractivity contribution < 1.29 is 22.3 Å². The highest BCUT2D eigenvalue weighted by Crippen LogP contribution is 2.29. The first-order valence-electron chi connectivity index (χ1n) is 10.1. The number of rotatable bonds is 5. The summed E-state index contributed by atoms with van der Waals surface area (Å²) in [5.41, 5.74) is -0.910. The molecule has 182 valence electrons. The minimum atomic E-state index is -4.33. The first-order valence-corrected chi connectivity index (χ1v) is 12.3. The van der Waals surface area contributed by atoms with Crippen LogP contribution in [-0.2, 0) is 10.0 Å². The van der Waals surface area contributed by atoms with Gasteiger partial charge in [-0.3, -0.25) is 4.72 Å². The van der Waals surface area contributed by atoms with Crippen LogP contribution in [0, 0.1) is 23.5 Å². The zero-order chi connectivity index (χ0) is 25.2. The monoisotopic (exact) mass is 539 g/mol. The Morgan fingerprint density at radius 3 is 2.51 bits per heavy atom. The number of nitrogens with zero attached hydrogens (tertiary/aromatic N) is 2. The zero-order valence-corrected chi connectivity index (χ0v) is 20.0. The van der Waals surface area contributed by atoms with Gasteiger partial charge in [0.2, 0.25) is 5.95 Å². The minimum absolute atomic E-state index is 0.112. The number of aromatic nitrogens is 2. The number of hydrogen-bond acceptors (Lipinski definition) is 7. The molecule has 1 aliphatic rings. The summed E-state index contributed by atoms with van der Waals surface area (Å²) in [6, 6.07) is 5.36. The van der Waals surface area contributed by atoms with Crippen molar-refractivity contribution in [3.8, 4) is 11.8 Å². The number of hydrogen-bond donors (Lipinski definition) is 4. The zero-order valence-electron chi connectivity index (χ0n) is 17.7. The van der Waals surface area contributed by atoms with E-state index in [-0.39, 0.29) is 32.5 Å². The van der Waals surface area contributed by atoms with Crippen molar-refractivity contribution in [2.45, 2.75) is 17.0 Å². The Labute approximate surface area is 209 Å². The normalized spacial score (nSPS) is 17.5. The summed E-state index contributed by atoms with van der Waals surface area (Å²) in [5.74, 6) is 2.97. The molecule has 4 rings (SSSR count). The summed E-state index contributed by atoms with van der Waals surface area (Å²) in [6.45, 7) is 1.01. The van der Waals surface area contributed by atoms with E-state index in [0.29, 0.717) is 13.1 Å². The SMILES string of the molecule is O=S(=O)(Nc1ccc(F)c(C#Cc2cnc(N[C@@H]3CNC[C@@H]3O)nc2)c1F)c1cc(Cl)ccc1Cl. The highest BCUT2D eigenvalue weighted by Gasteiger charge is 2.25. The van der Waals surface area contributed by atoms with Gasteiger partial charge in [0.25, 0.3) is 10.0 Å². The van der Waals surface area contributed by atoms with E-state index >= 15 is 0 Å². The minimum Gasteiger partial charge on any atom is -0.390 e. The van der Waals surface area contributed by atoms with Gasteiger partial charge < -0.3 is 15.7 Å². The average Bonchev–Trinajstić information content (AvgIpc) is 3.22. The third-order valence-electron chi connectivity index (χ3n) is 5.00. The predicted molar refractivity (Wildman–Crippen MR) is 128 cm³/mol. The van der Waals surface area contributed by atoms with E-state index in [0.717, 1.165) is 18.2 Å². The lowest BCUT2D eigenvalue weighted by Gasteiger charge is -2.14. The molecule has 1 saturated heterocycles. The van der Waals surface area contributed by atoms with Gasteiger partial charge in [0.05, 0.1) is 34.0 Å². The van der Waals surface area contributed by atoms with Gasteiger partial charge in [0, 0.05) is 30.5 Å². The summed E-state index contributed by atoms with van der Waals surface area (Å²) >= 11 is 11.8. The van der Waals surface area contributed by atoms with Crippen LogP contribution < -0.4 is 15.4 Å². The Kier molecular flexibility index (Phi) is 7.39. The Balaban J connectivity index is 1.56. The molecule has 3 aromatic rings. The molecule has 0 unspecified atom stereocenters. The van der Waals surface area contributed by atoms with E-state index in [1.54, 1.807) is 0 Å². The summed E-state index contributed by atoms with van der Waals surface area (Å²) in [6.07, 6.45) is 2.12. The van der Waals surface area contributed by atoms with E-state index in [2.05, 4.69) is 32.4 Å². The van der Waals surface area contributed by atoms with Crippen LogP contribution in [-0.4, -0.2) is 48.7 Å². The van der Waals surface area contributed by atoms with Gasteiger partial charge >= 0.3 is 0 Å². The molecule has 13 heteroatoms.